The molecule has 0 aliphatic carbocycles. The molecule has 2 heterocycles. The van der Waals surface area contributed by atoms with E-state index in [1.165, 1.54) is 23.8 Å². The molecule has 0 aliphatic rings. The van der Waals surface area contributed by atoms with E-state index in [-0.39, 0.29) is 5.54 Å². The highest BCUT2D eigenvalue weighted by Crippen LogP contribution is 2.22. The fourth-order valence-electron chi connectivity index (χ4n) is 2.66. The highest BCUT2D eigenvalue weighted by atomic mass is 15.0. The third-order valence-corrected chi connectivity index (χ3v) is 4.14. The molecule has 0 bridgehead atoms. The Morgan fingerprint density at radius 2 is 1.95 bits per heavy atom. The standard InChI is InChI=1S/C18H29N3/c1-6-14(7-2)12-21-13-15(11-20-18(3,4)5)16-9-8-10-19-17(16)21/h8-10,13-14,20H,6-7,11-12H2,1-5H3. The third-order valence-electron chi connectivity index (χ3n) is 4.14. The molecule has 21 heavy (non-hydrogen) atoms. The Hall–Kier alpha value is -1.35. The minimum Gasteiger partial charge on any atom is -0.332 e. The summed E-state index contributed by atoms with van der Waals surface area (Å²) in [5.41, 5.74) is 2.60. The lowest BCUT2D eigenvalue weighted by Gasteiger charge is -2.20. The first-order valence-electron chi connectivity index (χ1n) is 8.12. The molecule has 0 fully saturated rings. The average molecular weight is 287 g/mol. The maximum absolute atomic E-state index is 4.60. The molecule has 2 aromatic heterocycles. The molecule has 0 amide bonds. The summed E-state index contributed by atoms with van der Waals surface area (Å²) in [6.07, 6.45) is 6.62. The van der Waals surface area contributed by atoms with Crippen molar-refractivity contribution in [3.05, 3.63) is 30.1 Å². The zero-order valence-electron chi connectivity index (χ0n) is 14.1. The van der Waals surface area contributed by atoms with Gasteiger partial charge in [-0.05, 0) is 44.4 Å². The van der Waals surface area contributed by atoms with Crippen LogP contribution in [0.1, 0.15) is 53.0 Å². The molecule has 1 N–H and O–H groups in total. The summed E-state index contributed by atoms with van der Waals surface area (Å²) >= 11 is 0. The van der Waals surface area contributed by atoms with Crippen LogP contribution in [0.5, 0.6) is 0 Å². The monoisotopic (exact) mass is 287 g/mol. The van der Waals surface area contributed by atoms with Gasteiger partial charge in [-0.1, -0.05) is 26.7 Å². The molecule has 0 saturated carbocycles. The Balaban J connectivity index is 2.30. The highest BCUT2D eigenvalue weighted by molar-refractivity contribution is 5.80. The molecule has 0 unspecified atom stereocenters. The van der Waals surface area contributed by atoms with Crippen molar-refractivity contribution in [2.24, 2.45) is 5.92 Å². The zero-order chi connectivity index (χ0) is 15.5. The molecule has 2 aromatic rings. The maximum atomic E-state index is 4.60. The zero-order valence-corrected chi connectivity index (χ0v) is 14.1. The van der Waals surface area contributed by atoms with Crippen molar-refractivity contribution in [2.75, 3.05) is 0 Å². The smallest absolute Gasteiger partial charge is 0.140 e. The van der Waals surface area contributed by atoms with E-state index in [2.05, 4.69) is 61.7 Å². The van der Waals surface area contributed by atoms with Crippen LogP contribution in [0.2, 0.25) is 0 Å². The van der Waals surface area contributed by atoms with Crippen molar-refractivity contribution in [3.63, 3.8) is 0 Å². The molecule has 3 heteroatoms. The number of pyridine rings is 1. The van der Waals surface area contributed by atoms with E-state index in [0.717, 1.165) is 24.7 Å². The van der Waals surface area contributed by atoms with Gasteiger partial charge in [0.15, 0.2) is 0 Å². The van der Waals surface area contributed by atoms with Crippen LogP contribution in [-0.2, 0) is 13.1 Å². The fraction of sp³-hybridized carbons (Fsp3) is 0.611. The van der Waals surface area contributed by atoms with Gasteiger partial charge < -0.3 is 9.88 Å². The number of fused-ring (bicyclic) bond motifs is 1. The lowest BCUT2D eigenvalue weighted by molar-refractivity contribution is 0.417. The number of rotatable bonds is 6. The first-order valence-corrected chi connectivity index (χ1v) is 8.12. The molecule has 0 radical (unpaired) electrons. The van der Waals surface area contributed by atoms with E-state index in [4.69, 9.17) is 0 Å². The van der Waals surface area contributed by atoms with Gasteiger partial charge in [-0.25, -0.2) is 4.98 Å². The van der Waals surface area contributed by atoms with Gasteiger partial charge in [-0.15, -0.1) is 0 Å². The summed E-state index contributed by atoms with van der Waals surface area (Å²) in [6, 6.07) is 4.22. The molecule has 116 valence electrons. The normalized spacial score (nSPS) is 12.5. The van der Waals surface area contributed by atoms with Gasteiger partial charge in [-0.2, -0.15) is 0 Å². The van der Waals surface area contributed by atoms with Gasteiger partial charge in [0.25, 0.3) is 0 Å². The summed E-state index contributed by atoms with van der Waals surface area (Å²) < 4.78 is 2.34. The van der Waals surface area contributed by atoms with E-state index in [1.54, 1.807) is 0 Å². The third kappa shape index (κ3) is 4.07. The Kier molecular flexibility index (Phi) is 5.04. The van der Waals surface area contributed by atoms with Gasteiger partial charge in [0.2, 0.25) is 0 Å². The molecule has 0 atom stereocenters. The van der Waals surface area contributed by atoms with Crippen LogP contribution in [0.4, 0.5) is 0 Å². The molecule has 0 spiro atoms. The van der Waals surface area contributed by atoms with E-state index < -0.39 is 0 Å². The second-order valence-corrected chi connectivity index (χ2v) is 6.97. The predicted molar refractivity (Wildman–Crippen MR) is 90.4 cm³/mol. The second-order valence-electron chi connectivity index (χ2n) is 6.97. The maximum Gasteiger partial charge on any atom is 0.140 e. The van der Waals surface area contributed by atoms with Crippen molar-refractivity contribution in [1.29, 1.82) is 0 Å². The Bertz CT molecular complexity index is 574. The minimum absolute atomic E-state index is 0.131. The summed E-state index contributed by atoms with van der Waals surface area (Å²) in [5.74, 6) is 0.728. The van der Waals surface area contributed by atoms with Gasteiger partial charge in [0, 0.05) is 36.4 Å². The molecular formula is C18H29N3. The molecular weight excluding hydrogens is 258 g/mol. The molecule has 3 nitrogen and oxygen atoms in total. The number of aromatic nitrogens is 2. The van der Waals surface area contributed by atoms with Crippen LogP contribution in [0, 0.1) is 5.92 Å². The quantitative estimate of drug-likeness (QED) is 0.855. The summed E-state index contributed by atoms with van der Waals surface area (Å²) in [4.78, 5) is 4.60. The number of nitrogens with zero attached hydrogens (tertiary/aromatic N) is 2. The Morgan fingerprint density at radius 3 is 2.57 bits per heavy atom. The van der Waals surface area contributed by atoms with Crippen LogP contribution < -0.4 is 5.32 Å². The van der Waals surface area contributed by atoms with Crippen LogP contribution in [0.15, 0.2) is 24.5 Å². The van der Waals surface area contributed by atoms with Crippen molar-refractivity contribution in [2.45, 2.75) is 66.1 Å². The van der Waals surface area contributed by atoms with Gasteiger partial charge in [-0.3, -0.25) is 0 Å². The van der Waals surface area contributed by atoms with Gasteiger partial charge >= 0.3 is 0 Å². The Morgan fingerprint density at radius 1 is 1.24 bits per heavy atom. The predicted octanol–water partition coefficient (Wildman–Crippen LogP) is 4.36. The lowest BCUT2D eigenvalue weighted by Crippen LogP contribution is -2.35. The largest absolute Gasteiger partial charge is 0.332 e. The topological polar surface area (TPSA) is 29.9 Å². The lowest BCUT2D eigenvalue weighted by atomic mass is 10.0. The van der Waals surface area contributed by atoms with Crippen molar-refractivity contribution >= 4 is 11.0 Å². The second kappa shape index (κ2) is 6.61. The molecule has 0 aromatic carbocycles. The molecule has 0 aliphatic heterocycles. The van der Waals surface area contributed by atoms with Crippen LogP contribution >= 0.6 is 0 Å². The molecule has 0 saturated heterocycles. The van der Waals surface area contributed by atoms with Crippen LogP contribution in [-0.4, -0.2) is 15.1 Å². The first kappa shape index (κ1) is 16.0. The minimum atomic E-state index is 0.131. The highest BCUT2D eigenvalue weighted by Gasteiger charge is 2.14. The van der Waals surface area contributed by atoms with Crippen LogP contribution in [0.3, 0.4) is 0 Å². The van der Waals surface area contributed by atoms with E-state index >= 15 is 0 Å². The molecule has 2 rings (SSSR count). The van der Waals surface area contributed by atoms with Gasteiger partial charge in [0.1, 0.15) is 5.65 Å². The van der Waals surface area contributed by atoms with Crippen molar-refractivity contribution in [1.82, 2.24) is 14.9 Å². The summed E-state index contributed by atoms with van der Waals surface area (Å²) in [7, 11) is 0. The Labute approximate surface area is 128 Å². The van der Waals surface area contributed by atoms with Crippen molar-refractivity contribution < 1.29 is 0 Å². The van der Waals surface area contributed by atoms with Crippen LogP contribution in [0.25, 0.3) is 11.0 Å². The summed E-state index contributed by atoms with van der Waals surface area (Å²) in [5, 5.41) is 4.86. The SMILES string of the molecule is CCC(CC)Cn1cc(CNC(C)(C)C)c2cccnc21. The van der Waals surface area contributed by atoms with Gasteiger partial charge in [0.05, 0.1) is 0 Å². The van der Waals surface area contributed by atoms with Crippen molar-refractivity contribution in [3.8, 4) is 0 Å². The van der Waals surface area contributed by atoms with E-state index in [1.807, 2.05) is 12.3 Å². The fourth-order valence-corrected chi connectivity index (χ4v) is 2.66. The number of hydrogen-bond donors (Lipinski definition) is 1. The number of nitrogens with one attached hydrogen (secondary N) is 1. The number of hydrogen-bond acceptors (Lipinski definition) is 2. The van der Waals surface area contributed by atoms with E-state index in [9.17, 15) is 0 Å². The first-order chi connectivity index (χ1) is 9.94. The average Bonchev–Trinajstić information content (AvgIpc) is 2.80. The summed E-state index contributed by atoms with van der Waals surface area (Å²) in [6.45, 7) is 13.1. The van der Waals surface area contributed by atoms with E-state index in [0.29, 0.717) is 0 Å².